The number of amides is 1. The van der Waals surface area contributed by atoms with Crippen molar-refractivity contribution < 1.29 is 19.4 Å². The second-order valence-corrected chi connectivity index (χ2v) is 5.16. The quantitative estimate of drug-likeness (QED) is 0.846. The molecule has 2 heterocycles. The van der Waals surface area contributed by atoms with Crippen LogP contribution >= 0.6 is 0 Å². The third kappa shape index (κ3) is 1.96. The average Bonchev–Trinajstić information content (AvgIpc) is 2.83. The van der Waals surface area contributed by atoms with Crippen molar-refractivity contribution in [3.05, 3.63) is 17.7 Å². The Labute approximate surface area is 117 Å². The predicted octanol–water partition coefficient (Wildman–Crippen LogP) is 1.06. The molecule has 1 fully saturated rings. The Balaban J connectivity index is 1.98. The van der Waals surface area contributed by atoms with Crippen LogP contribution in [0.1, 0.15) is 16.8 Å². The first-order valence-electron chi connectivity index (χ1n) is 6.62. The molecule has 0 aromatic heterocycles. The van der Waals surface area contributed by atoms with E-state index in [9.17, 15) is 9.90 Å². The lowest BCUT2D eigenvalue weighted by atomic mass is 10.1. The fourth-order valence-corrected chi connectivity index (χ4v) is 2.92. The zero-order valence-electron chi connectivity index (χ0n) is 11.5. The number of carbonyl (C=O) groups is 1. The summed E-state index contributed by atoms with van der Waals surface area (Å²) < 4.78 is 10.4. The number of benzene rings is 1. The van der Waals surface area contributed by atoms with Crippen LogP contribution in [0.3, 0.4) is 0 Å². The summed E-state index contributed by atoms with van der Waals surface area (Å²) in [5.74, 6) is 0.288. The van der Waals surface area contributed by atoms with Crippen LogP contribution in [0.15, 0.2) is 12.1 Å². The molecule has 1 saturated heterocycles. The largest absolute Gasteiger partial charge is 0.504 e. The van der Waals surface area contributed by atoms with Gasteiger partial charge in [-0.3, -0.25) is 4.79 Å². The zero-order chi connectivity index (χ0) is 14.3. The highest BCUT2D eigenvalue weighted by molar-refractivity contribution is 6.01. The number of anilines is 1. The molecule has 1 aromatic carbocycles. The van der Waals surface area contributed by atoms with Gasteiger partial charge in [0.05, 0.1) is 30.5 Å². The number of nitrogens with zero attached hydrogens (tertiary/aromatic N) is 1. The summed E-state index contributed by atoms with van der Waals surface area (Å²) in [6, 6.07) is 3.25. The lowest BCUT2D eigenvalue weighted by Crippen LogP contribution is -2.37. The van der Waals surface area contributed by atoms with Crippen molar-refractivity contribution in [2.45, 2.75) is 18.6 Å². The van der Waals surface area contributed by atoms with E-state index in [1.54, 1.807) is 19.2 Å². The summed E-state index contributed by atoms with van der Waals surface area (Å²) in [5.41, 5.74) is 1.18. The fraction of sp³-hybridized carbons (Fsp3) is 0.500. The molecule has 2 aliphatic heterocycles. The van der Waals surface area contributed by atoms with Crippen LogP contribution in [-0.4, -0.2) is 55.4 Å². The molecule has 6 heteroatoms. The van der Waals surface area contributed by atoms with Gasteiger partial charge in [-0.25, -0.2) is 0 Å². The predicted molar refractivity (Wildman–Crippen MR) is 73.4 cm³/mol. The molecule has 2 N–H and O–H groups in total. The van der Waals surface area contributed by atoms with E-state index in [0.29, 0.717) is 30.1 Å². The van der Waals surface area contributed by atoms with Gasteiger partial charge in [-0.1, -0.05) is 0 Å². The Morgan fingerprint density at radius 1 is 1.40 bits per heavy atom. The van der Waals surface area contributed by atoms with E-state index in [-0.39, 0.29) is 23.8 Å². The van der Waals surface area contributed by atoms with E-state index in [4.69, 9.17) is 9.47 Å². The lowest BCUT2D eigenvalue weighted by molar-refractivity contribution is 0.0698. The number of phenols is 1. The number of phenolic OH excluding ortho intramolecular Hbond substituents is 1. The molecule has 1 aromatic rings. The molecule has 3 rings (SSSR count). The zero-order valence-corrected chi connectivity index (χ0v) is 11.5. The SMILES string of the molecule is COc1cc2c(cc1O)NC[C@@H]1C[C@@H](OC)CN1C2=O. The smallest absolute Gasteiger partial charge is 0.256 e. The van der Waals surface area contributed by atoms with Crippen molar-refractivity contribution >= 4 is 11.6 Å². The third-order valence-corrected chi connectivity index (χ3v) is 4.05. The highest BCUT2D eigenvalue weighted by Gasteiger charge is 2.38. The third-order valence-electron chi connectivity index (χ3n) is 4.05. The van der Waals surface area contributed by atoms with Gasteiger partial charge in [-0.2, -0.15) is 0 Å². The van der Waals surface area contributed by atoms with Crippen LogP contribution in [-0.2, 0) is 4.74 Å². The average molecular weight is 278 g/mol. The number of carbonyl (C=O) groups excluding carboxylic acids is 1. The van der Waals surface area contributed by atoms with Crippen molar-refractivity contribution in [2.75, 3.05) is 32.6 Å². The van der Waals surface area contributed by atoms with E-state index in [1.165, 1.54) is 7.11 Å². The number of aromatic hydroxyl groups is 1. The van der Waals surface area contributed by atoms with Crippen molar-refractivity contribution in [3.63, 3.8) is 0 Å². The maximum absolute atomic E-state index is 12.7. The Hall–Kier alpha value is -1.95. The number of ether oxygens (including phenoxy) is 2. The number of hydrogen-bond acceptors (Lipinski definition) is 5. The highest BCUT2D eigenvalue weighted by atomic mass is 16.5. The molecule has 0 spiro atoms. The summed E-state index contributed by atoms with van der Waals surface area (Å²) >= 11 is 0. The van der Waals surface area contributed by atoms with E-state index >= 15 is 0 Å². The van der Waals surface area contributed by atoms with Crippen LogP contribution in [0.4, 0.5) is 5.69 Å². The number of hydrogen-bond donors (Lipinski definition) is 2. The summed E-state index contributed by atoms with van der Waals surface area (Å²) in [7, 11) is 3.14. The van der Waals surface area contributed by atoms with Gasteiger partial charge in [0.1, 0.15) is 0 Å². The van der Waals surface area contributed by atoms with E-state index in [2.05, 4.69) is 5.32 Å². The summed E-state index contributed by atoms with van der Waals surface area (Å²) in [6.45, 7) is 1.26. The highest BCUT2D eigenvalue weighted by Crippen LogP contribution is 2.36. The first kappa shape index (κ1) is 13.1. The monoisotopic (exact) mass is 278 g/mol. The molecular formula is C14H18N2O4. The van der Waals surface area contributed by atoms with Crippen molar-refractivity contribution in [2.24, 2.45) is 0 Å². The number of nitrogens with one attached hydrogen (secondary N) is 1. The molecule has 2 atom stereocenters. The summed E-state index contributed by atoms with van der Waals surface area (Å²) in [4.78, 5) is 14.5. The van der Waals surface area contributed by atoms with Crippen LogP contribution in [0.2, 0.25) is 0 Å². The molecule has 20 heavy (non-hydrogen) atoms. The molecular weight excluding hydrogens is 260 g/mol. The van der Waals surface area contributed by atoms with Gasteiger partial charge in [0.25, 0.3) is 5.91 Å². The van der Waals surface area contributed by atoms with E-state index < -0.39 is 0 Å². The summed E-state index contributed by atoms with van der Waals surface area (Å²) in [6.07, 6.45) is 0.915. The molecule has 6 nitrogen and oxygen atoms in total. The molecule has 0 radical (unpaired) electrons. The second kappa shape index (κ2) is 4.86. The maximum atomic E-state index is 12.7. The molecule has 108 valence electrons. The van der Waals surface area contributed by atoms with Crippen LogP contribution in [0.25, 0.3) is 0 Å². The van der Waals surface area contributed by atoms with Gasteiger partial charge in [-0.05, 0) is 12.5 Å². The molecule has 0 bridgehead atoms. The standard InChI is InChI=1S/C14H18N2O4/c1-19-9-3-8-6-15-11-5-12(17)13(20-2)4-10(11)14(18)16(8)7-9/h4-5,8-9,15,17H,3,6-7H2,1-2H3/t8-,9+/m0/s1. The molecule has 0 aliphatic carbocycles. The van der Waals surface area contributed by atoms with E-state index in [0.717, 1.165) is 6.42 Å². The molecule has 2 aliphatic rings. The fourth-order valence-electron chi connectivity index (χ4n) is 2.92. The van der Waals surface area contributed by atoms with Gasteiger partial charge in [-0.15, -0.1) is 0 Å². The lowest BCUT2D eigenvalue weighted by Gasteiger charge is -2.21. The van der Waals surface area contributed by atoms with Crippen LogP contribution < -0.4 is 10.1 Å². The molecule has 1 amide bonds. The maximum Gasteiger partial charge on any atom is 0.256 e. The van der Waals surface area contributed by atoms with Gasteiger partial charge < -0.3 is 24.8 Å². The number of methoxy groups -OCH3 is 2. The van der Waals surface area contributed by atoms with Crippen LogP contribution in [0.5, 0.6) is 11.5 Å². The van der Waals surface area contributed by atoms with Gasteiger partial charge in [0.15, 0.2) is 11.5 Å². The Bertz CT molecular complexity index is 546. The van der Waals surface area contributed by atoms with Crippen molar-refractivity contribution in [1.29, 1.82) is 0 Å². The Kier molecular flexibility index (Phi) is 3.17. The molecule has 0 saturated carbocycles. The van der Waals surface area contributed by atoms with Crippen molar-refractivity contribution in [1.82, 2.24) is 4.90 Å². The number of rotatable bonds is 2. The first-order chi connectivity index (χ1) is 9.63. The number of fused-ring (bicyclic) bond motifs is 2. The van der Waals surface area contributed by atoms with Crippen LogP contribution in [0, 0.1) is 0 Å². The Morgan fingerprint density at radius 3 is 2.90 bits per heavy atom. The minimum Gasteiger partial charge on any atom is -0.504 e. The van der Waals surface area contributed by atoms with E-state index in [1.807, 2.05) is 4.90 Å². The first-order valence-corrected chi connectivity index (χ1v) is 6.62. The Morgan fingerprint density at radius 2 is 2.20 bits per heavy atom. The van der Waals surface area contributed by atoms with Gasteiger partial charge >= 0.3 is 0 Å². The van der Waals surface area contributed by atoms with Crippen molar-refractivity contribution in [3.8, 4) is 11.5 Å². The topological polar surface area (TPSA) is 71.0 Å². The van der Waals surface area contributed by atoms with Gasteiger partial charge in [0.2, 0.25) is 0 Å². The minimum absolute atomic E-state index is 0.0309. The molecule has 0 unspecified atom stereocenters. The van der Waals surface area contributed by atoms with Gasteiger partial charge in [0, 0.05) is 26.3 Å². The normalized spacial score (nSPS) is 24.7. The second-order valence-electron chi connectivity index (χ2n) is 5.16. The summed E-state index contributed by atoms with van der Waals surface area (Å²) in [5, 5.41) is 13.0. The minimum atomic E-state index is -0.0483.